The average Bonchev–Trinajstić information content (AvgIpc) is 2.88. The highest BCUT2D eigenvalue weighted by Gasteiger charge is 2.47. The van der Waals surface area contributed by atoms with Gasteiger partial charge in [0, 0.05) is 62.3 Å². The lowest BCUT2D eigenvalue weighted by Gasteiger charge is -2.34. The summed E-state index contributed by atoms with van der Waals surface area (Å²) >= 11 is 0. The highest BCUT2D eigenvalue weighted by Crippen LogP contribution is 2.47. The summed E-state index contributed by atoms with van der Waals surface area (Å²) in [5, 5.41) is 0. The van der Waals surface area contributed by atoms with Crippen LogP contribution in [0.2, 0.25) is 0 Å². The number of hydrogen-bond acceptors (Lipinski definition) is 6. The molecule has 4 rings (SSSR count). The molecule has 0 saturated carbocycles. The van der Waals surface area contributed by atoms with E-state index >= 15 is 0 Å². The molecule has 3 aromatic rings. The van der Waals surface area contributed by atoms with Crippen LogP contribution in [-0.2, 0) is 19.9 Å². The number of esters is 2. The van der Waals surface area contributed by atoms with Gasteiger partial charge in [-0.25, -0.2) is 9.59 Å². The van der Waals surface area contributed by atoms with Crippen molar-refractivity contribution < 1.29 is 19.1 Å². The van der Waals surface area contributed by atoms with Gasteiger partial charge in [0.05, 0.1) is 0 Å². The van der Waals surface area contributed by atoms with Gasteiger partial charge in [0.1, 0.15) is 5.75 Å². The van der Waals surface area contributed by atoms with Crippen LogP contribution in [0.25, 0.3) is 0 Å². The van der Waals surface area contributed by atoms with Crippen LogP contribution in [0, 0.1) is 0 Å². The fourth-order valence-electron chi connectivity index (χ4n) is 3.80. The zero-order chi connectivity index (χ0) is 22.2. The number of benzene rings is 3. The van der Waals surface area contributed by atoms with Gasteiger partial charge in [-0.15, -0.1) is 0 Å². The number of carbonyl (C=O) groups excluding carboxylic acids is 2. The van der Waals surface area contributed by atoms with Crippen molar-refractivity contribution in [3.63, 3.8) is 0 Å². The maximum Gasteiger partial charge on any atom is 0.422 e. The van der Waals surface area contributed by atoms with Gasteiger partial charge in [-0.1, -0.05) is 42.5 Å². The smallest absolute Gasteiger partial charge is 0.422 e. The Bertz CT molecular complexity index is 1120. The quantitative estimate of drug-likeness (QED) is 0.368. The van der Waals surface area contributed by atoms with Crippen molar-refractivity contribution in [1.29, 1.82) is 0 Å². The number of rotatable bonds is 4. The molecule has 1 aliphatic rings. The van der Waals surface area contributed by atoms with E-state index in [2.05, 4.69) is 0 Å². The summed E-state index contributed by atoms with van der Waals surface area (Å²) < 4.78 is 11.4. The van der Waals surface area contributed by atoms with Crippen molar-refractivity contribution in [1.82, 2.24) is 0 Å². The lowest BCUT2D eigenvalue weighted by Crippen LogP contribution is -2.36. The highest BCUT2D eigenvalue weighted by atomic mass is 16.6. The molecule has 31 heavy (non-hydrogen) atoms. The Hall–Kier alpha value is -3.80. The Balaban J connectivity index is 2.04. The third-order valence-corrected chi connectivity index (χ3v) is 5.45. The first-order chi connectivity index (χ1) is 14.8. The maximum absolute atomic E-state index is 12.7. The molecule has 0 aromatic heterocycles. The highest BCUT2D eigenvalue weighted by molar-refractivity contribution is 6.31. The minimum atomic E-state index is -1.34. The first kappa shape index (κ1) is 20.5. The minimum absolute atomic E-state index is 0.294. The van der Waals surface area contributed by atoms with Crippen molar-refractivity contribution >= 4 is 23.3 Å². The zero-order valence-corrected chi connectivity index (χ0v) is 18.0. The van der Waals surface area contributed by atoms with E-state index in [9.17, 15) is 9.59 Å². The average molecular weight is 416 g/mol. The van der Waals surface area contributed by atoms with E-state index in [1.165, 1.54) is 0 Å². The number of anilines is 2. The van der Waals surface area contributed by atoms with Crippen molar-refractivity contribution in [3.8, 4) is 5.75 Å². The van der Waals surface area contributed by atoms with Crippen LogP contribution in [0.3, 0.4) is 0 Å². The molecule has 1 unspecified atom stereocenters. The second kappa shape index (κ2) is 7.80. The SMILES string of the molecule is CN(C)c1ccc(C2(c3ccccc3)OC(=O)C(=O)Oc3cc(N(C)C)ccc32)cc1. The molecule has 0 spiro atoms. The van der Waals surface area contributed by atoms with E-state index in [4.69, 9.17) is 9.47 Å². The van der Waals surface area contributed by atoms with Crippen LogP contribution in [0.1, 0.15) is 16.7 Å². The summed E-state index contributed by atoms with van der Waals surface area (Å²) in [5.41, 5.74) is 2.53. The van der Waals surface area contributed by atoms with Crippen LogP contribution < -0.4 is 14.5 Å². The summed E-state index contributed by atoms with van der Waals surface area (Å²) in [6.07, 6.45) is 0. The van der Waals surface area contributed by atoms with Gasteiger partial charge in [0.2, 0.25) is 0 Å². The molecule has 0 amide bonds. The lowest BCUT2D eigenvalue weighted by molar-refractivity contribution is -0.166. The Morgan fingerprint density at radius 1 is 0.677 bits per heavy atom. The third kappa shape index (κ3) is 3.50. The van der Waals surface area contributed by atoms with Gasteiger partial charge >= 0.3 is 11.9 Å². The van der Waals surface area contributed by atoms with Gasteiger partial charge in [-0.05, 0) is 24.3 Å². The molecule has 0 fully saturated rings. The molecule has 0 aliphatic carbocycles. The second-order valence-corrected chi connectivity index (χ2v) is 7.84. The molecule has 3 aromatic carbocycles. The molecule has 0 N–H and O–H groups in total. The van der Waals surface area contributed by atoms with Crippen molar-refractivity contribution in [2.45, 2.75) is 5.60 Å². The van der Waals surface area contributed by atoms with E-state index in [-0.39, 0.29) is 0 Å². The molecule has 1 atom stereocenters. The Labute approximate surface area is 181 Å². The third-order valence-electron chi connectivity index (χ3n) is 5.45. The Morgan fingerprint density at radius 3 is 1.87 bits per heavy atom. The Morgan fingerprint density at radius 2 is 1.26 bits per heavy atom. The lowest BCUT2D eigenvalue weighted by atomic mass is 9.79. The Kier molecular flexibility index (Phi) is 5.15. The van der Waals surface area contributed by atoms with E-state index < -0.39 is 17.5 Å². The second-order valence-electron chi connectivity index (χ2n) is 7.84. The van der Waals surface area contributed by atoms with Crippen molar-refractivity contribution in [2.75, 3.05) is 38.0 Å². The van der Waals surface area contributed by atoms with Crippen LogP contribution in [0.15, 0.2) is 72.8 Å². The van der Waals surface area contributed by atoms with Gasteiger partial charge in [-0.2, -0.15) is 0 Å². The first-order valence-electron chi connectivity index (χ1n) is 9.93. The number of cyclic esters (lactones) is 1. The first-order valence-corrected chi connectivity index (χ1v) is 9.93. The minimum Gasteiger partial charge on any atom is -0.436 e. The molecule has 6 nitrogen and oxygen atoms in total. The van der Waals surface area contributed by atoms with Gasteiger partial charge in [0.25, 0.3) is 0 Å². The van der Waals surface area contributed by atoms with Gasteiger partial charge < -0.3 is 19.3 Å². The van der Waals surface area contributed by atoms with Crippen LogP contribution in [0.4, 0.5) is 11.4 Å². The molecular weight excluding hydrogens is 392 g/mol. The normalized spacial score (nSPS) is 17.8. The summed E-state index contributed by atoms with van der Waals surface area (Å²) in [7, 11) is 7.70. The van der Waals surface area contributed by atoms with E-state index in [1.807, 2.05) is 105 Å². The molecule has 0 radical (unpaired) electrons. The maximum atomic E-state index is 12.7. The van der Waals surface area contributed by atoms with E-state index in [0.29, 0.717) is 11.3 Å². The number of fused-ring (bicyclic) bond motifs is 1. The van der Waals surface area contributed by atoms with Crippen molar-refractivity contribution in [3.05, 3.63) is 89.5 Å². The zero-order valence-electron chi connectivity index (χ0n) is 18.0. The van der Waals surface area contributed by atoms with Crippen LogP contribution >= 0.6 is 0 Å². The summed E-state index contributed by atoms with van der Waals surface area (Å²) in [6.45, 7) is 0. The van der Waals surface area contributed by atoms with E-state index in [0.717, 1.165) is 22.5 Å². The van der Waals surface area contributed by atoms with Crippen LogP contribution in [0.5, 0.6) is 5.75 Å². The number of carbonyl (C=O) groups is 2. The number of nitrogens with zero attached hydrogens (tertiary/aromatic N) is 2. The molecule has 1 heterocycles. The van der Waals surface area contributed by atoms with E-state index in [1.54, 1.807) is 6.07 Å². The molecule has 1 aliphatic heterocycles. The summed E-state index contributed by atoms with van der Waals surface area (Å²) in [6, 6.07) is 22.7. The molecular formula is C25H24N2O4. The summed E-state index contributed by atoms with van der Waals surface area (Å²) in [5.74, 6) is -1.79. The largest absolute Gasteiger partial charge is 0.436 e. The fourth-order valence-corrected chi connectivity index (χ4v) is 3.80. The summed E-state index contributed by atoms with van der Waals surface area (Å²) in [4.78, 5) is 29.0. The predicted molar refractivity (Wildman–Crippen MR) is 120 cm³/mol. The standard InChI is InChI=1S/C25H24N2O4/c1-26(2)19-12-10-18(11-13-19)25(17-8-6-5-7-9-17)21-15-14-20(27(3)4)16-22(21)30-23(28)24(29)31-25/h5-16H,1-4H3. The number of hydrogen-bond donors (Lipinski definition) is 0. The molecule has 0 bridgehead atoms. The monoisotopic (exact) mass is 416 g/mol. The fraction of sp³-hybridized carbons (Fsp3) is 0.200. The molecule has 6 heteroatoms. The van der Waals surface area contributed by atoms with Gasteiger partial charge in [0.15, 0.2) is 5.60 Å². The van der Waals surface area contributed by atoms with Crippen LogP contribution in [-0.4, -0.2) is 40.1 Å². The van der Waals surface area contributed by atoms with Gasteiger partial charge in [-0.3, -0.25) is 0 Å². The molecule has 0 saturated heterocycles. The molecule has 158 valence electrons. The topological polar surface area (TPSA) is 59.1 Å². The van der Waals surface area contributed by atoms with Crippen molar-refractivity contribution in [2.24, 2.45) is 0 Å². The predicted octanol–water partition coefficient (Wildman–Crippen LogP) is 3.57. The number of ether oxygens (including phenoxy) is 2.